The summed E-state index contributed by atoms with van der Waals surface area (Å²) in [6.07, 6.45) is 8.04. The van der Waals surface area contributed by atoms with Gasteiger partial charge in [0.05, 0.1) is 0 Å². The number of hydrogen-bond acceptors (Lipinski definition) is 0. The maximum Gasteiger partial charge on any atom is 0.0245 e. The van der Waals surface area contributed by atoms with E-state index in [0.29, 0.717) is 0 Å². The smallest absolute Gasteiger partial charge is 0.0245 e. The molecule has 0 atom stereocenters. The molecular formula is C13H15Br. The fraction of sp³-hybridized carbons (Fsp3) is 0.385. The molecule has 74 valence electrons. The maximum atomic E-state index is 3.68. The number of allylic oxidation sites excluding steroid dienone is 1. The molecule has 0 aromatic heterocycles. The van der Waals surface area contributed by atoms with Crippen LogP contribution in [0.15, 0.2) is 16.6 Å². The van der Waals surface area contributed by atoms with Crippen molar-refractivity contribution in [2.24, 2.45) is 0 Å². The summed E-state index contributed by atoms with van der Waals surface area (Å²) in [5, 5.41) is 0. The molecule has 0 saturated heterocycles. The molecule has 1 aliphatic rings. The Morgan fingerprint density at radius 3 is 2.93 bits per heavy atom. The topological polar surface area (TPSA) is 0 Å². The first-order valence-corrected chi connectivity index (χ1v) is 6.00. The summed E-state index contributed by atoms with van der Waals surface area (Å²) >= 11 is 3.68. The Kier molecular flexibility index (Phi) is 2.78. The molecule has 0 fully saturated rings. The van der Waals surface area contributed by atoms with Gasteiger partial charge in [0.25, 0.3) is 0 Å². The van der Waals surface area contributed by atoms with Gasteiger partial charge in [-0.05, 0) is 42.0 Å². The van der Waals surface area contributed by atoms with Gasteiger partial charge in [0.15, 0.2) is 0 Å². The summed E-state index contributed by atoms with van der Waals surface area (Å²) in [6, 6.07) is 2.32. The van der Waals surface area contributed by atoms with Crippen LogP contribution in [0.5, 0.6) is 0 Å². The van der Waals surface area contributed by atoms with E-state index in [-0.39, 0.29) is 0 Å². The number of benzene rings is 1. The van der Waals surface area contributed by atoms with Gasteiger partial charge in [0.1, 0.15) is 0 Å². The van der Waals surface area contributed by atoms with Crippen molar-refractivity contribution in [2.75, 3.05) is 0 Å². The zero-order valence-electron chi connectivity index (χ0n) is 8.73. The number of rotatable bonds is 2. The minimum atomic E-state index is 1.09. The predicted molar refractivity (Wildman–Crippen MR) is 65.6 cm³/mol. The normalized spacial score (nSPS) is 13.4. The van der Waals surface area contributed by atoms with Crippen LogP contribution >= 0.6 is 15.9 Å². The van der Waals surface area contributed by atoms with Crippen molar-refractivity contribution in [1.29, 1.82) is 0 Å². The fourth-order valence-electron chi connectivity index (χ4n) is 2.13. The van der Waals surface area contributed by atoms with Crippen LogP contribution in [0.4, 0.5) is 0 Å². The fourth-order valence-corrected chi connectivity index (χ4v) is 2.62. The molecule has 0 nitrogen and oxygen atoms in total. The second-order valence-electron chi connectivity index (χ2n) is 3.92. The molecule has 0 N–H and O–H groups in total. The van der Waals surface area contributed by atoms with E-state index in [0.717, 1.165) is 6.42 Å². The van der Waals surface area contributed by atoms with Crippen LogP contribution in [-0.2, 0) is 12.8 Å². The van der Waals surface area contributed by atoms with Gasteiger partial charge in [-0.25, -0.2) is 0 Å². The Morgan fingerprint density at radius 1 is 1.43 bits per heavy atom. The maximum absolute atomic E-state index is 3.68. The van der Waals surface area contributed by atoms with Crippen LogP contribution in [0.25, 0.3) is 6.08 Å². The summed E-state index contributed by atoms with van der Waals surface area (Å²) in [5.41, 5.74) is 5.82. The van der Waals surface area contributed by atoms with Gasteiger partial charge >= 0.3 is 0 Å². The monoisotopic (exact) mass is 250 g/mol. The van der Waals surface area contributed by atoms with E-state index in [2.05, 4.69) is 48.0 Å². The van der Waals surface area contributed by atoms with Crippen LogP contribution < -0.4 is 0 Å². The van der Waals surface area contributed by atoms with Crippen molar-refractivity contribution >= 4 is 22.0 Å². The van der Waals surface area contributed by atoms with Crippen LogP contribution in [0.3, 0.4) is 0 Å². The van der Waals surface area contributed by atoms with E-state index in [1.54, 1.807) is 0 Å². The van der Waals surface area contributed by atoms with Crippen LogP contribution in [0, 0.1) is 6.92 Å². The van der Waals surface area contributed by atoms with Crippen molar-refractivity contribution in [2.45, 2.75) is 33.1 Å². The molecule has 0 heterocycles. The van der Waals surface area contributed by atoms with Gasteiger partial charge in [-0.15, -0.1) is 0 Å². The number of hydrogen-bond donors (Lipinski definition) is 0. The third-order valence-electron chi connectivity index (χ3n) is 2.80. The second-order valence-corrected chi connectivity index (χ2v) is 4.71. The van der Waals surface area contributed by atoms with E-state index in [1.807, 2.05) is 0 Å². The van der Waals surface area contributed by atoms with E-state index in [9.17, 15) is 0 Å². The third-order valence-corrected chi connectivity index (χ3v) is 3.90. The quantitative estimate of drug-likeness (QED) is 0.735. The summed E-state index contributed by atoms with van der Waals surface area (Å²) < 4.78 is 1.30. The first-order valence-electron chi connectivity index (χ1n) is 5.21. The van der Waals surface area contributed by atoms with Gasteiger partial charge in [-0.2, -0.15) is 0 Å². The molecular weight excluding hydrogens is 236 g/mol. The lowest BCUT2D eigenvalue weighted by atomic mass is 9.97. The Morgan fingerprint density at radius 2 is 2.21 bits per heavy atom. The van der Waals surface area contributed by atoms with Crippen LogP contribution in [0.1, 0.15) is 35.6 Å². The number of aryl methyl sites for hydroxylation is 2. The minimum absolute atomic E-state index is 1.09. The van der Waals surface area contributed by atoms with Gasteiger partial charge < -0.3 is 0 Å². The molecule has 0 spiro atoms. The van der Waals surface area contributed by atoms with Gasteiger partial charge in [-0.3, -0.25) is 0 Å². The van der Waals surface area contributed by atoms with Crippen molar-refractivity contribution in [1.82, 2.24) is 0 Å². The van der Waals surface area contributed by atoms with E-state index in [1.165, 1.54) is 39.6 Å². The standard InChI is InChI=1S/C13H15Br/c1-3-5-10-8-9(2)13(14)12-7-4-6-11(10)12/h4,6,8H,3,5,7H2,1-2H3. The Hall–Kier alpha value is -0.560. The van der Waals surface area contributed by atoms with Crippen molar-refractivity contribution in [3.63, 3.8) is 0 Å². The molecule has 1 aromatic carbocycles. The van der Waals surface area contributed by atoms with Gasteiger partial charge in [0.2, 0.25) is 0 Å². The first kappa shape index (κ1) is 9.97. The average Bonchev–Trinajstić information content (AvgIpc) is 2.63. The van der Waals surface area contributed by atoms with Crippen LogP contribution in [0.2, 0.25) is 0 Å². The third kappa shape index (κ3) is 1.54. The molecule has 2 rings (SSSR count). The highest BCUT2D eigenvalue weighted by atomic mass is 79.9. The minimum Gasteiger partial charge on any atom is -0.0795 e. The van der Waals surface area contributed by atoms with Crippen molar-refractivity contribution in [3.05, 3.63) is 38.9 Å². The Bertz CT molecular complexity index is 389. The lowest BCUT2D eigenvalue weighted by Gasteiger charge is -2.11. The number of fused-ring (bicyclic) bond motifs is 1. The Labute approximate surface area is 94.2 Å². The van der Waals surface area contributed by atoms with Gasteiger partial charge in [-0.1, -0.05) is 47.5 Å². The zero-order chi connectivity index (χ0) is 10.1. The summed E-state index contributed by atoms with van der Waals surface area (Å²) in [6.45, 7) is 4.42. The van der Waals surface area contributed by atoms with E-state index >= 15 is 0 Å². The summed E-state index contributed by atoms with van der Waals surface area (Å²) in [4.78, 5) is 0. The molecule has 0 amide bonds. The Balaban J connectivity index is 2.56. The zero-order valence-corrected chi connectivity index (χ0v) is 10.3. The largest absolute Gasteiger partial charge is 0.0795 e. The summed E-state index contributed by atoms with van der Waals surface area (Å²) in [5.74, 6) is 0. The molecule has 0 aliphatic heterocycles. The SMILES string of the molecule is CCCc1cc(C)c(Br)c2c1C=CC2. The average molecular weight is 251 g/mol. The molecule has 0 unspecified atom stereocenters. The molecule has 0 radical (unpaired) electrons. The van der Waals surface area contributed by atoms with Gasteiger partial charge in [0, 0.05) is 4.47 Å². The predicted octanol–water partition coefficient (Wildman–Crippen LogP) is 4.28. The molecule has 0 bridgehead atoms. The highest BCUT2D eigenvalue weighted by Gasteiger charge is 2.14. The molecule has 0 saturated carbocycles. The number of halogens is 1. The van der Waals surface area contributed by atoms with Crippen LogP contribution in [-0.4, -0.2) is 0 Å². The molecule has 1 aromatic rings. The highest BCUT2D eigenvalue weighted by molar-refractivity contribution is 9.10. The van der Waals surface area contributed by atoms with Crippen molar-refractivity contribution < 1.29 is 0 Å². The lowest BCUT2D eigenvalue weighted by molar-refractivity contribution is 0.915. The molecule has 14 heavy (non-hydrogen) atoms. The first-order chi connectivity index (χ1) is 6.74. The second kappa shape index (κ2) is 3.90. The summed E-state index contributed by atoms with van der Waals surface area (Å²) in [7, 11) is 0. The highest BCUT2D eigenvalue weighted by Crippen LogP contribution is 2.33. The lowest BCUT2D eigenvalue weighted by Crippen LogP contribution is -1.95. The van der Waals surface area contributed by atoms with E-state index < -0.39 is 0 Å². The van der Waals surface area contributed by atoms with Crippen molar-refractivity contribution in [3.8, 4) is 0 Å². The van der Waals surface area contributed by atoms with E-state index in [4.69, 9.17) is 0 Å². The molecule has 1 aliphatic carbocycles. The molecule has 1 heteroatoms.